The highest BCUT2D eigenvalue weighted by atomic mass is 19.4. The second-order valence-corrected chi connectivity index (χ2v) is 5.58. The quantitative estimate of drug-likeness (QED) is 0.721. The highest BCUT2D eigenvalue weighted by molar-refractivity contribution is 5.34. The largest absolute Gasteiger partial charge is 0.416 e. The maximum absolute atomic E-state index is 13.0. The van der Waals surface area contributed by atoms with Crippen LogP contribution < -0.4 is 0 Å². The third kappa shape index (κ3) is 3.21. The Morgan fingerprint density at radius 1 is 0.800 bits per heavy atom. The Balaban J connectivity index is 2.35. The first-order valence-corrected chi connectivity index (χ1v) is 6.51. The summed E-state index contributed by atoms with van der Waals surface area (Å²) in [5, 5.41) is 0. The number of benzene rings is 2. The molecule has 0 fully saturated rings. The van der Waals surface area contributed by atoms with E-state index in [1.54, 1.807) is 12.1 Å². The molecule has 0 heterocycles. The summed E-state index contributed by atoms with van der Waals surface area (Å²) in [5.41, 5.74) is 0.498. The molecule has 0 aliphatic heterocycles. The molecule has 0 saturated heterocycles. The van der Waals surface area contributed by atoms with E-state index in [4.69, 9.17) is 0 Å². The van der Waals surface area contributed by atoms with Gasteiger partial charge in [0, 0.05) is 0 Å². The first-order valence-electron chi connectivity index (χ1n) is 6.51. The lowest BCUT2D eigenvalue weighted by molar-refractivity contribution is -0.138. The van der Waals surface area contributed by atoms with Crippen molar-refractivity contribution in [1.29, 1.82) is 0 Å². The van der Waals surface area contributed by atoms with Gasteiger partial charge in [-0.1, -0.05) is 62.4 Å². The molecule has 0 radical (unpaired) electrons. The van der Waals surface area contributed by atoms with Crippen LogP contribution in [-0.4, -0.2) is 0 Å². The zero-order valence-corrected chi connectivity index (χ0v) is 11.5. The molecule has 106 valence electrons. The van der Waals surface area contributed by atoms with Crippen LogP contribution in [0.5, 0.6) is 0 Å². The highest BCUT2D eigenvalue weighted by Gasteiger charge is 2.34. The number of hydrogen-bond donors (Lipinski definition) is 0. The molecule has 0 saturated carbocycles. The molecule has 0 atom stereocenters. The SMILES string of the molecule is CC(C)(Cc1ccccc1C(F)(F)F)c1ccccc1. The Morgan fingerprint density at radius 3 is 1.95 bits per heavy atom. The van der Waals surface area contributed by atoms with Gasteiger partial charge >= 0.3 is 6.18 Å². The predicted octanol–water partition coefficient (Wildman–Crippen LogP) is 5.23. The van der Waals surface area contributed by atoms with Crippen molar-refractivity contribution in [1.82, 2.24) is 0 Å². The monoisotopic (exact) mass is 278 g/mol. The molecule has 2 aromatic rings. The molecule has 0 spiro atoms. The minimum atomic E-state index is -4.30. The summed E-state index contributed by atoms with van der Waals surface area (Å²) in [7, 11) is 0. The first-order chi connectivity index (χ1) is 9.31. The van der Waals surface area contributed by atoms with Crippen molar-refractivity contribution >= 4 is 0 Å². The molecule has 3 heteroatoms. The lowest BCUT2D eigenvalue weighted by Gasteiger charge is -2.27. The lowest BCUT2D eigenvalue weighted by atomic mass is 9.78. The van der Waals surface area contributed by atoms with E-state index in [1.165, 1.54) is 6.07 Å². The Hall–Kier alpha value is -1.77. The summed E-state index contributed by atoms with van der Waals surface area (Å²) in [6.07, 6.45) is -3.95. The molecule has 0 aliphatic rings. The van der Waals surface area contributed by atoms with Crippen LogP contribution in [0.4, 0.5) is 13.2 Å². The van der Waals surface area contributed by atoms with Gasteiger partial charge in [0.25, 0.3) is 0 Å². The van der Waals surface area contributed by atoms with Crippen molar-refractivity contribution in [2.24, 2.45) is 0 Å². The molecule has 2 aromatic carbocycles. The molecular weight excluding hydrogens is 261 g/mol. The fourth-order valence-corrected chi connectivity index (χ4v) is 2.42. The average Bonchev–Trinajstić information content (AvgIpc) is 2.39. The summed E-state index contributed by atoms with van der Waals surface area (Å²) in [6, 6.07) is 15.4. The van der Waals surface area contributed by atoms with Crippen LogP contribution in [0.1, 0.15) is 30.5 Å². The maximum Gasteiger partial charge on any atom is 0.416 e. The van der Waals surface area contributed by atoms with Crippen molar-refractivity contribution in [3.05, 3.63) is 71.3 Å². The van der Waals surface area contributed by atoms with Gasteiger partial charge in [-0.15, -0.1) is 0 Å². The van der Waals surface area contributed by atoms with Crippen LogP contribution in [0, 0.1) is 0 Å². The van der Waals surface area contributed by atoms with Crippen LogP contribution in [0.3, 0.4) is 0 Å². The Morgan fingerprint density at radius 2 is 1.35 bits per heavy atom. The smallest absolute Gasteiger partial charge is 0.166 e. The second-order valence-electron chi connectivity index (χ2n) is 5.58. The molecule has 0 bridgehead atoms. The van der Waals surface area contributed by atoms with Crippen LogP contribution in [0.25, 0.3) is 0 Å². The second kappa shape index (κ2) is 5.31. The van der Waals surface area contributed by atoms with E-state index in [0.717, 1.165) is 11.6 Å². The Kier molecular flexibility index (Phi) is 3.89. The van der Waals surface area contributed by atoms with Gasteiger partial charge in [-0.05, 0) is 29.0 Å². The summed E-state index contributed by atoms with van der Waals surface area (Å²) < 4.78 is 39.1. The molecule has 0 aromatic heterocycles. The standard InChI is InChI=1S/C17H17F3/c1-16(2,14-9-4-3-5-10-14)12-13-8-6-7-11-15(13)17(18,19)20/h3-11H,12H2,1-2H3. The molecule has 20 heavy (non-hydrogen) atoms. The van der Waals surface area contributed by atoms with E-state index in [0.29, 0.717) is 12.0 Å². The minimum absolute atomic E-state index is 0.342. The fraction of sp³-hybridized carbons (Fsp3) is 0.294. The van der Waals surface area contributed by atoms with Gasteiger partial charge in [0.15, 0.2) is 0 Å². The van der Waals surface area contributed by atoms with Crippen LogP contribution in [0.15, 0.2) is 54.6 Å². The summed E-state index contributed by atoms with van der Waals surface area (Å²) in [6.45, 7) is 3.94. The number of alkyl halides is 3. The number of rotatable bonds is 3. The normalized spacial score (nSPS) is 12.4. The predicted molar refractivity (Wildman–Crippen MR) is 74.6 cm³/mol. The molecule has 0 N–H and O–H groups in total. The van der Waals surface area contributed by atoms with E-state index in [-0.39, 0.29) is 5.41 Å². The fourth-order valence-electron chi connectivity index (χ4n) is 2.42. The molecular formula is C17H17F3. The van der Waals surface area contributed by atoms with Crippen LogP contribution in [0.2, 0.25) is 0 Å². The molecule has 2 rings (SSSR count). The van der Waals surface area contributed by atoms with Gasteiger partial charge in [0.2, 0.25) is 0 Å². The van der Waals surface area contributed by atoms with E-state index in [1.807, 2.05) is 44.2 Å². The van der Waals surface area contributed by atoms with Crippen LogP contribution >= 0.6 is 0 Å². The van der Waals surface area contributed by atoms with Crippen molar-refractivity contribution in [3.63, 3.8) is 0 Å². The summed E-state index contributed by atoms with van der Waals surface area (Å²) in [5.74, 6) is 0. The van der Waals surface area contributed by atoms with Gasteiger partial charge in [-0.25, -0.2) is 0 Å². The zero-order valence-electron chi connectivity index (χ0n) is 11.5. The van der Waals surface area contributed by atoms with Crippen molar-refractivity contribution in [2.75, 3.05) is 0 Å². The first kappa shape index (κ1) is 14.6. The van der Waals surface area contributed by atoms with Gasteiger partial charge in [0.05, 0.1) is 5.56 Å². The van der Waals surface area contributed by atoms with Gasteiger partial charge < -0.3 is 0 Å². The summed E-state index contributed by atoms with van der Waals surface area (Å²) in [4.78, 5) is 0. The molecule has 0 aliphatic carbocycles. The van der Waals surface area contributed by atoms with Gasteiger partial charge in [-0.2, -0.15) is 13.2 Å². The topological polar surface area (TPSA) is 0 Å². The number of hydrogen-bond acceptors (Lipinski definition) is 0. The molecule has 0 amide bonds. The summed E-state index contributed by atoms with van der Waals surface area (Å²) >= 11 is 0. The lowest BCUT2D eigenvalue weighted by Crippen LogP contribution is -2.22. The zero-order chi connectivity index (χ0) is 14.8. The van der Waals surface area contributed by atoms with E-state index < -0.39 is 11.7 Å². The Bertz CT molecular complexity index is 568. The van der Waals surface area contributed by atoms with Crippen LogP contribution in [-0.2, 0) is 18.0 Å². The van der Waals surface area contributed by atoms with Gasteiger partial charge in [0.1, 0.15) is 0 Å². The molecule has 0 unspecified atom stereocenters. The van der Waals surface area contributed by atoms with E-state index in [9.17, 15) is 13.2 Å². The third-order valence-corrected chi connectivity index (χ3v) is 3.51. The van der Waals surface area contributed by atoms with E-state index >= 15 is 0 Å². The van der Waals surface area contributed by atoms with Crippen molar-refractivity contribution in [3.8, 4) is 0 Å². The van der Waals surface area contributed by atoms with E-state index in [2.05, 4.69) is 0 Å². The number of halogens is 3. The highest BCUT2D eigenvalue weighted by Crippen LogP contribution is 2.35. The Labute approximate surface area is 117 Å². The van der Waals surface area contributed by atoms with Crippen molar-refractivity contribution < 1.29 is 13.2 Å². The van der Waals surface area contributed by atoms with Gasteiger partial charge in [-0.3, -0.25) is 0 Å². The average molecular weight is 278 g/mol. The maximum atomic E-state index is 13.0. The third-order valence-electron chi connectivity index (χ3n) is 3.51. The van der Waals surface area contributed by atoms with Crippen molar-refractivity contribution in [2.45, 2.75) is 31.9 Å². The minimum Gasteiger partial charge on any atom is -0.166 e. The molecule has 0 nitrogen and oxygen atoms in total.